The Morgan fingerprint density at radius 3 is 2.71 bits per heavy atom. The summed E-state index contributed by atoms with van der Waals surface area (Å²) in [5, 5.41) is 0. The molecule has 2 heterocycles. The van der Waals surface area contributed by atoms with Crippen molar-refractivity contribution in [2.75, 3.05) is 19.7 Å². The summed E-state index contributed by atoms with van der Waals surface area (Å²) in [5.74, 6) is 0.824. The Bertz CT molecular complexity index is 533. The van der Waals surface area contributed by atoms with Gasteiger partial charge in [-0.15, -0.1) is 0 Å². The molecule has 1 fully saturated rings. The fourth-order valence-electron chi connectivity index (χ4n) is 2.40. The molecule has 0 unspecified atom stereocenters. The molecule has 0 saturated carbocycles. The molecule has 0 aromatic heterocycles. The summed E-state index contributed by atoms with van der Waals surface area (Å²) in [6.45, 7) is 1.95. The van der Waals surface area contributed by atoms with Crippen LogP contribution in [0.3, 0.4) is 0 Å². The molecule has 0 atom stereocenters. The number of hydrogen-bond acceptors (Lipinski definition) is 3. The van der Waals surface area contributed by atoms with Crippen molar-refractivity contribution in [2.45, 2.75) is 24.2 Å². The van der Waals surface area contributed by atoms with Crippen LogP contribution >= 0.6 is 0 Å². The minimum absolute atomic E-state index is 0.406. The zero-order valence-corrected chi connectivity index (χ0v) is 10.4. The van der Waals surface area contributed by atoms with Crippen LogP contribution < -0.4 is 4.74 Å². The number of sulfonamides is 1. The third-order valence-electron chi connectivity index (χ3n) is 3.36. The monoisotopic (exact) mass is 253 g/mol. The molecule has 2 aliphatic heterocycles. The van der Waals surface area contributed by atoms with E-state index in [1.54, 1.807) is 22.5 Å². The highest BCUT2D eigenvalue weighted by Crippen LogP contribution is 2.29. The molecule has 1 aromatic carbocycles. The van der Waals surface area contributed by atoms with Crippen LogP contribution in [0.5, 0.6) is 5.75 Å². The average molecular weight is 253 g/mol. The van der Waals surface area contributed by atoms with Crippen molar-refractivity contribution in [3.05, 3.63) is 23.8 Å². The molecule has 0 amide bonds. The molecule has 5 heteroatoms. The first kappa shape index (κ1) is 11.0. The van der Waals surface area contributed by atoms with Crippen LogP contribution in [-0.4, -0.2) is 32.4 Å². The van der Waals surface area contributed by atoms with E-state index in [1.807, 2.05) is 0 Å². The third kappa shape index (κ3) is 1.83. The van der Waals surface area contributed by atoms with Gasteiger partial charge in [-0.2, -0.15) is 4.31 Å². The van der Waals surface area contributed by atoms with Crippen molar-refractivity contribution >= 4 is 10.0 Å². The standard InChI is InChI=1S/C12H15NO3S/c14-17(15,13-6-1-2-7-13)11-3-4-12-10(9-11)5-8-16-12/h3-4,9H,1-2,5-8H2. The predicted molar refractivity (Wildman–Crippen MR) is 63.6 cm³/mol. The van der Waals surface area contributed by atoms with E-state index in [1.165, 1.54) is 0 Å². The van der Waals surface area contributed by atoms with E-state index in [0.717, 1.165) is 30.6 Å². The zero-order chi connectivity index (χ0) is 11.9. The maximum Gasteiger partial charge on any atom is 0.243 e. The molecule has 4 nitrogen and oxygen atoms in total. The van der Waals surface area contributed by atoms with Crippen LogP contribution in [0.1, 0.15) is 18.4 Å². The highest BCUT2D eigenvalue weighted by atomic mass is 32.2. The van der Waals surface area contributed by atoms with Gasteiger partial charge in [0, 0.05) is 19.5 Å². The molecule has 3 rings (SSSR count). The van der Waals surface area contributed by atoms with E-state index in [9.17, 15) is 8.42 Å². The van der Waals surface area contributed by atoms with Gasteiger partial charge >= 0.3 is 0 Å². The smallest absolute Gasteiger partial charge is 0.243 e. The van der Waals surface area contributed by atoms with Crippen LogP contribution in [0.15, 0.2) is 23.1 Å². The molecule has 0 spiro atoms. The molecular formula is C12H15NO3S. The van der Waals surface area contributed by atoms with Crippen LogP contribution in [0, 0.1) is 0 Å². The van der Waals surface area contributed by atoms with Crippen LogP contribution in [0.25, 0.3) is 0 Å². The molecule has 0 N–H and O–H groups in total. The minimum atomic E-state index is -3.28. The van der Waals surface area contributed by atoms with Gasteiger partial charge in [0.2, 0.25) is 10.0 Å². The Kier molecular flexibility index (Phi) is 2.60. The number of nitrogens with zero attached hydrogens (tertiary/aromatic N) is 1. The first-order valence-corrected chi connectivity index (χ1v) is 7.38. The zero-order valence-electron chi connectivity index (χ0n) is 9.55. The molecule has 92 valence electrons. The summed E-state index contributed by atoms with van der Waals surface area (Å²) in [4.78, 5) is 0.406. The van der Waals surface area contributed by atoms with Gasteiger partial charge in [-0.25, -0.2) is 8.42 Å². The van der Waals surface area contributed by atoms with Gasteiger partial charge in [0.1, 0.15) is 5.75 Å². The molecular weight excluding hydrogens is 238 g/mol. The molecule has 1 saturated heterocycles. The molecule has 1 aromatic rings. The Morgan fingerprint density at radius 2 is 1.94 bits per heavy atom. The second kappa shape index (κ2) is 3.99. The molecule has 2 aliphatic rings. The van der Waals surface area contributed by atoms with Crippen molar-refractivity contribution in [2.24, 2.45) is 0 Å². The summed E-state index contributed by atoms with van der Waals surface area (Å²) in [7, 11) is -3.28. The van der Waals surface area contributed by atoms with Crippen molar-refractivity contribution < 1.29 is 13.2 Å². The molecule has 0 radical (unpaired) electrons. The van der Waals surface area contributed by atoms with Gasteiger partial charge < -0.3 is 4.74 Å². The Labute approximate surface area is 101 Å². The highest BCUT2D eigenvalue weighted by molar-refractivity contribution is 7.89. The number of rotatable bonds is 2. The summed E-state index contributed by atoms with van der Waals surface area (Å²) in [5.41, 5.74) is 1.00. The van der Waals surface area contributed by atoms with Crippen molar-refractivity contribution in [1.29, 1.82) is 0 Å². The van der Waals surface area contributed by atoms with Crippen LogP contribution in [0.4, 0.5) is 0 Å². The summed E-state index contributed by atoms with van der Waals surface area (Å²) in [6, 6.07) is 5.18. The van der Waals surface area contributed by atoms with Gasteiger partial charge in [-0.05, 0) is 36.6 Å². The fourth-order valence-corrected chi connectivity index (χ4v) is 3.97. The van der Waals surface area contributed by atoms with Crippen LogP contribution in [-0.2, 0) is 16.4 Å². The van der Waals surface area contributed by atoms with Crippen molar-refractivity contribution in [3.63, 3.8) is 0 Å². The molecule has 0 aliphatic carbocycles. The van der Waals surface area contributed by atoms with E-state index in [-0.39, 0.29) is 0 Å². The van der Waals surface area contributed by atoms with E-state index in [4.69, 9.17) is 4.74 Å². The SMILES string of the molecule is O=S(=O)(c1ccc2c(c1)CCO2)N1CCCC1. The van der Waals surface area contributed by atoms with Gasteiger partial charge in [0.05, 0.1) is 11.5 Å². The van der Waals surface area contributed by atoms with Crippen molar-refractivity contribution in [1.82, 2.24) is 4.31 Å². The van der Waals surface area contributed by atoms with E-state index < -0.39 is 10.0 Å². The normalized spacial score (nSPS) is 20.2. The lowest BCUT2D eigenvalue weighted by Gasteiger charge is -2.15. The van der Waals surface area contributed by atoms with Crippen molar-refractivity contribution in [3.8, 4) is 5.75 Å². The fraction of sp³-hybridized carbons (Fsp3) is 0.500. The molecule has 17 heavy (non-hydrogen) atoms. The Balaban J connectivity index is 1.98. The number of ether oxygens (including phenoxy) is 1. The summed E-state index contributed by atoms with van der Waals surface area (Å²) in [6.07, 6.45) is 2.74. The summed E-state index contributed by atoms with van der Waals surface area (Å²) >= 11 is 0. The maximum absolute atomic E-state index is 12.3. The number of benzene rings is 1. The lowest BCUT2D eigenvalue weighted by molar-refractivity contribution is 0.356. The quantitative estimate of drug-likeness (QED) is 0.800. The van der Waals surface area contributed by atoms with Gasteiger partial charge in [-0.1, -0.05) is 0 Å². The third-order valence-corrected chi connectivity index (χ3v) is 5.26. The van der Waals surface area contributed by atoms with Gasteiger partial charge in [0.25, 0.3) is 0 Å². The summed E-state index contributed by atoms with van der Waals surface area (Å²) < 4.78 is 31.6. The van der Waals surface area contributed by atoms with E-state index >= 15 is 0 Å². The largest absolute Gasteiger partial charge is 0.493 e. The lowest BCUT2D eigenvalue weighted by atomic mass is 10.2. The van der Waals surface area contributed by atoms with Gasteiger partial charge in [0.15, 0.2) is 0 Å². The average Bonchev–Trinajstić information content (AvgIpc) is 2.99. The topological polar surface area (TPSA) is 46.6 Å². The second-order valence-corrected chi connectivity index (χ2v) is 6.42. The number of hydrogen-bond donors (Lipinski definition) is 0. The second-order valence-electron chi connectivity index (χ2n) is 4.48. The van der Waals surface area contributed by atoms with Crippen LogP contribution in [0.2, 0.25) is 0 Å². The first-order valence-electron chi connectivity index (χ1n) is 5.94. The molecule has 0 bridgehead atoms. The lowest BCUT2D eigenvalue weighted by Crippen LogP contribution is -2.27. The Hall–Kier alpha value is -1.07. The predicted octanol–water partition coefficient (Wildman–Crippen LogP) is 1.41. The Morgan fingerprint density at radius 1 is 1.18 bits per heavy atom. The van der Waals surface area contributed by atoms with E-state index in [2.05, 4.69) is 0 Å². The van der Waals surface area contributed by atoms with Gasteiger partial charge in [-0.3, -0.25) is 0 Å². The highest BCUT2D eigenvalue weighted by Gasteiger charge is 2.28. The number of fused-ring (bicyclic) bond motifs is 1. The van der Waals surface area contributed by atoms with E-state index in [0.29, 0.717) is 24.6 Å². The minimum Gasteiger partial charge on any atom is -0.493 e. The first-order chi connectivity index (χ1) is 8.18. The maximum atomic E-state index is 12.3.